The molecule has 0 aliphatic carbocycles. The average molecular weight is 447 g/mol. The number of carbonyl (C=O) groups is 1. The second-order valence-corrected chi connectivity index (χ2v) is 8.78. The molecule has 0 radical (unpaired) electrons. The first-order chi connectivity index (χ1) is 15.7. The molecule has 1 saturated heterocycles. The van der Waals surface area contributed by atoms with Gasteiger partial charge in [0.15, 0.2) is 4.96 Å². The minimum atomic E-state index is 0.220. The highest BCUT2D eigenvalue weighted by Crippen LogP contribution is 2.25. The largest absolute Gasteiger partial charge is 0.497 e. The number of thiazole rings is 1. The summed E-state index contributed by atoms with van der Waals surface area (Å²) in [5.41, 5.74) is 4.37. The molecule has 32 heavy (non-hydrogen) atoms. The standard InChI is InChI=1S/C25H26N4O2S/c1-31-22-9-5-8-20(16-22)27-12-14-28(15-13-27)24(30)11-10-21-18-32-25-26-23(17-29(21)25)19-6-3-2-4-7-19/h2-9,16-18H,10-15H2,1H3. The number of aryl methyl sites for hydroxylation is 1. The van der Waals surface area contributed by atoms with Crippen molar-refractivity contribution in [3.05, 3.63) is 71.9 Å². The minimum absolute atomic E-state index is 0.220. The van der Waals surface area contributed by atoms with Gasteiger partial charge in [-0.3, -0.25) is 9.20 Å². The number of methoxy groups -OCH3 is 1. The normalized spacial score (nSPS) is 14.2. The number of hydrogen-bond acceptors (Lipinski definition) is 5. The highest BCUT2D eigenvalue weighted by molar-refractivity contribution is 7.15. The van der Waals surface area contributed by atoms with Gasteiger partial charge in [-0.25, -0.2) is 4.98 Å². The van der Waals surface area contributed by atoms with Crippen LogP contribution < -0.4 is 9.64 Å². The van der Waals surface area contributed by atoms with Crippen molar-refractivity contribution in [2.45, 2.75) is 12.8 Å². The summed E-state index contributed by atoms with van der Waals surface area (Å²) in [5.74, 6) is 1.08. The molecule has 5 rings (SSSR count). The lowest BCUT2D eigenvalue weighted by Gasteiger charge is -2.36. The zero-order valence-corrected chi connectivity index (χ0v) is 18.9. The van der Waals surface area contributed by atoms with Crippen LogP contribution in [0.15, 0.2) is 66.2 Å². The van der Waals surface area contributed by atoms with E-state index in [0.29, 0.717) is 6.42 Å². The Morgan fingerprint density at radius 1 is 1.06 bits per heavy atom. The first-order valence-corrected chi connectivity index (χ1v) is 11.8. The summed E-state index contributed by atoms with van der Waals surface area (Å²) < 4.78 is 7.46. The molecule has 2 aromatic carbocycles. The van der Waals surface area contributed by atoms with E-state index in [1.54, 1.807) is 18.4 Å². The van der Waals surface area contributed by atoms with E-state index >= 15 is 0 Å². The molecule has 1 aliphatic heterocycles. The van der Waals surface area contributed by atoms with E-state index in [2.05, 4.69) is 39.1 Å². The number of benzene rings is 2. The van der Waals surface area contributed by atoms with Crippen molar-refractivity contribution in [2.24, 2.45) is 0 Å². The number of hydrogen-bond donors (Lipinski definition) is 0. The number of ether oxygens (including phenoxy) is 1. The third-order valence-corrected chi connectivity index (χ3v) is 6.89. The number of anilines is 1. The fraction of sp³-hybridized carbons (Fsp3) is 0.280. The summed E-state index contributed by atoms with van der Waals surface area (Å²) in [6.45, 7) is 3.17. The number of nitrogens with zero attached hydrogens (tertiary/aromatic N) is 4. The highest BCUT2D eigenvalue weighted by Gasteiger charge is 2.22. The fourth-order valence-corrected chi connectivity index (χ4v) is 5.08. The quantitative estimate of drug-likeness (QED) is 0.442. The third kappa shape index (κ3) is 4.21. The number of carbonyl (C=O) groups excluding carboxylic acids is 1. The molecular formula is C25H26N4O2S. The molecule has 0 bridgehead atoms. The van der Waals surface area contributed by atoms with Crippen molar-refractivity contribution < 1.29 is 9.53 Å². The van der Waals surface area contributed by atoms with Gasteiger partial charge in [0.1, 0.15) is 5.75 Å². The highest BCUT2D eigenvalue weighted by atomic mass is 32.1. The second kappa shape index (κ2) is 9.04. The van der Waals surface area contributed by atoms with E-state index in [4.69, 9.17) is 9.72 Å². The van der Waals surface area contributed by atoms with Gasteiger partial charge < -0.3 is 14.5 Å². The van der Waals surface area contributed by atoms with Crippen molar-refractivity contribution in [1.29, 1.82) is 0 Å². The Hall–Kier alpha value is -3.32. The molecule has 0 saturated carbocycles. The van der Waals surface area contributed by atoms with E-state index in [-0.39, 0.29) is 5.91 Å². The van der Waals surface area contributed by atoms with Gasteiger partial charge >= 0.3 is 0 Å². The summed E-state index contributed by atoms with van der Waals surface area (Å²) in [7, 11) is 1.68. The molecule has 1 aliphatic rings. The lowest BCUT2D eigenvalue weighted by Crippen LogP contribution is -2.48. The van der Waals surface area contributed by atoms with Crippen molar-refractivity contribution in [2.75, 3.05) is 38.2 Å². The van der Waals surface area contributed by atoms with Crippen molar-refractivity contribution in [3.8, 4) is 17.0 Å². The van der Waals surface area contributed by atoms with Crippen molar-refractivity contribution in [1.82, 2.24) is 14.3 Å². The number of amides is 1. The molecule has 1 amide bonds. The van der Waals surface area contributed by atoms with Crippen LogP contribution in [0.4, 0.5) is 5.69 Å². The third-order valence-electron chi connectivity index (χ3n) is 6.00. The zero-order chi connectivity index (χ0) is 21.9. The average Bonchev–Trinajstić information content (AvgIpc) is 3.44. The lowest BCUT2D eigenvalue weighted by molar-refractivity contribution is -0.131. The number of fused-ring (bicyclic) bond motifs is 1. The van der Waals surface area contributed by atoms with Gasteiger partial charge in [-0.05, 0) is 18.6 Å². The lowest BCUT2D eigenvalue weighted by atomic mass is 10.2. The molecule has 3 heterocycles. The number of aromatic nitrogens is 2. The predicted molar refractivity (Wildman–Crippen MR) is 129 cm³/mol. The van der Waals surface area contributed by atoms with Gasteiger partial charge in [-0.1, -0.05) is 36.4 Å². The zero-order valence-electron chi connectivity index (χ0n) is 18.1. The Labute approximate surface area is 191 Å². The Morgan fingerprint density at radius 2 is 1.88 bits per heavy atom. The predicted octanol–water partition coefficient (Wildman–Crippen LogP) is 4.35. The topological polar surface area (TPSA) is 50.1 Å². The minimum Gasteiger partial charge on any atom is -0.497 e. The summed E-state index contributed by atoms with van der Waals surface area (Å²) in [5, 5.41) is 2.12. The van der Waals surface area contributed by atoms with Crippen molar-refractivity contribution >= 4 is 27.9 Å². The van der Waals surface area contributed by atoms with Gasteiger partial charge in [-0.15, -0.1) is 11.3 Å². The van der Waals surface area contributed by atoms with Crippen molar-refractivity contribution in [3.63, 3.8) is 0 Å². The van der Waals surface area contributed by atoms with Crippen LogP contribution >= 0.6 is 11.3 Å². The Kier molecular flexibility index (Phi) is 5.81. The Morgan fingerprint density at radius 3 is 2.66 bits per heavy atom. The van der Waals surface area contributed by atoms with Crippen LogP contribution in [0.2, 0.25) is 0 Å². The number of imidazole rings is 1. The maximum Gasteiger partial charge on any atom is 0.223 e. The van der Waals surface area contributed by atoms with Crippen LogP contribution in [-0.2, 0) is 11.2 Å². The molecular weight excluding hydrogens is 420 g/mol. The van der Waals surface area contributed by atoms with E-state index in [0.717, 1.165) is 65.9 Å². The van der Waals surface area contributed by atoms with Crippen LogP contribution in [0.5, 0.6) is 5.75 Å². The molecule has 0 unspecified atom stereocenters. The van der Waals surface area contributed by atoms with E-state index in [9.17, 15) is 4.79 Å². The van der Waals surface area contributed by atoms with Crippen LogP contribution in [-0.4, -0.2) is 53.5 Å². The molecule has 6 nitrogen and oxygen atoms in total. The monoisotopic (exact) mass is 446 g/mol. The summed E-state index contributed by atoms with van der Waals surface area (Å²) in [6.07, 6.45) is 3.32. The van der Waals surface area contributed by atoms with Gasteiger partial charge in [0, 0.05) is 67.2 Å². The summed E-state index contributed by atoms with van der Waals surface area (Å²) in [6, 6.07) is 18.3. The SMILES string of the molecule is COc1cccc(N2CCN(C(=O)CCc3csc4nc(-c5ccccc5)cn34)CC2)c1. The molecule has 2 aromatic heterocycles. The molecule has 0 atom stereocenters. The van der Waals surface area contributed by atoms with Crippen LogP contribution in [0, 0.1) is 0 Å². The molecule has 7 heteroatoms. The van der Waals surface area contributed by atoms with Gasteiger partial charge in [0.25, 0.3) is 0 Å². The van der Waals surface area contributed by atoms with Crippen LogP contribution in [0.3, 0.4) is 0 Å². The first-order valence-electron chi connectivity index (χ1n) is 10.9. The Balaban J connectivity index is 1.18. The van der Waals surface area contributed by atoms with Crippen LogP contribution in [0.25, 0.3) is 16.2 Å². The molecule has 0 spiro atoms. The van der Waals surface area contributed by atoms with Crippen LogP contribution in [0.1, 0.15) is 12.1 Å². The second-order valence-electron chi connectivity index (χ2n) is 7.94. The molecule has 0 N–H and O–H groups in total. The van der Waals surface area contributed by atoms with Gasteiger partial charge in [0.05, 0.1) is 12.8 Å². The molecule has 164 valence electrons. The Bertz CT molecular complexity index is 1210. The maximum absolute atomic E-state index is 12.9. The van der Waals surface area contributed by atoms with Gasteiger partial charge in [0.2, 0.25) is 5.91 Å². The first kappa shape index (κ1) is 20.6. The maximum atomic E-state index is 12.9. The van der Waals surface area contributed by atoms with E-state index in [1.165, 1.54) is 0 Å². The number of rotatable bonds is 6. The fourth-order valence-electron chi connectivity index (χ4n) is 4.17. The summed E-state index contributed by atoms with van der Waals surface area (Å²) in [4.78, 5) is 22.9. The van der Waals surface area contributed by atoms with E-state index in [1.807, 2.05) is 41.3 Å². The molecule has 1 fully saturated rings. The van der Waals surface area contributed by atoms with E-state index < -0.39 is 0 Å². The van der Waals surface area contributed by atoms with Gasteiger partial charge in [-0.2, -0.15) is 0 Å². The number of piperazine rings is 1. The molecule has 4 aromatic rings. The smallest absolute Gasteiger partial charge is 0.223 e. The summed E-state index contributed by atoms with van der Waals surface area (Å²) >= 11 is 1.63.